The molecule has 6 rings (SSSR count). The zero-order chi connectivity index (χ0) is 32.7. The van der Waals surface area contributed by atoms with E-state index in [0.29, 0.717) is 36.2 Å². The molecule has 1 spiro atoms. The van der Waals surface area contributed by atoms with Crippen LogP contribution in [0.25, 0.3) is 0 Å². The maximum atomic E-state index is 14.8. The fourth-order valence-corrected chi connectivity index (χ4v) is 7.40. The van der Waals surface area contributed by atoms with Crippen LogP contribution in [0.15, 0.2) is 53.5 Å². The van der Waals surface area contributed by atoms with Crippen LogP contribution in [0.1, 0.15) is 119 Å². The molecule has 46 heavy (non-hydrogen) atoms. The molecule has 2 aliphatic heterocycles. The van der Waals surface area contributed by atoms with Gasteiger partial charge in [0.1, 0.15) is 5.66 Å². The Morgan fingerprint density at radius 3 is 2.22 bits per heavy atom. The minimum absolute atomic E-state index is 0.0304. The van der Waals surface area contributed by atoms with Gasteiger partial charge in [0.25, 0.3) is 11.8 Å². The third-order valence-electron chi connectivity index (χ3n) is 10.2. The summed E-state index contributed by atoms with van der Waals surface area (Å²) in [6.07, 6.45) is 5.54. The van der Waals surface area contributed by atoms with Crippen molar-refractivity contribution >= 4 is 17.6 Å². The second-order valence-electron chi connectivity index (χ2n) is 15.6. The van der Waals surface area contributed by atoms with E-state index in [0.717, 1.165) is 44.1 Å². The van der Waals surface area contributed by atoms with Crippen LogP contribution in [0, 0.1) is 16.7 Å². The van der Waals surface area contributed by atoms with Crippen molar-refractivity contribution in [1.29, 1.82) is 0 Å². The number of amides is 2. The highest BCUT2D eigenvalue weighted by atomic mass is 16.2. The molecular formula is C36H48N8O2. The molecule has 1 aliphatic carbocycles. The van der Waals surface area contributed by atoms with E-state index in [1.807, 2.05) is 24.3 Å². The first-order valence-electron chi connectivity index (χ1n) is 16.7. The number of hydrogen-bond donors (Lipinski definition) is 2. The maximum absolute atomic E-state index is 14.8. The number of tetrazole rings is 1. The van der Waals surface area contributed by atoms with E-state index in [-0.39, 0.29) is 35.2 Å². The van der Waals surface area contributed by atoms with Crippen molar-refractivity contribution in [1.82, 2.24) is 35.7 Å². The lowest BCUT2D eigenvalue weighted by molar-refractivity contribution is -0.134. The summed E-state index contributed by atoms with van der Waals surface area (Å²) in [5, 5.41) is 16.6. The minimum Gasteiger partial charge on any atom is -0.345 e. The number of aromatic nitrogens is 4. The van der Waals surface area contributed by atoms with Gasteiger partial charge >= 0.3 is 0 Å². The number of carbonyl (C=O) groups excluding carboxylic acids is 2. The van der Waals surface area contributed by atoms with Gasteiger partial charge in [-0.2, -0.15) is 5.21 Å². The Labute approximate surface area is 272 Å². The number of amidine groups is 1. The second kappa shape index (κ2) is 12.3. The van der Waals surface area contributed by atoms with Crippen molar-refractivity contribution < 1.29 is 9.59 Å². The normalized spacial score (nSPS) is 22.3. The predicted octanol–water partition coefficient (Wildman–Crippen LogP) is 6.19. The number of hydrogen-bond acceptors (Lipinski definition) is 7. The number of nitrogens with zero attached hydrogens (tertiary/aromatic N) is 6. The number of aliphatic imine (C=N–C) groups is 1. The largest absolute Gasteiger partial charge is 0.345 e. The number of nitrogens with one attached hydrogen (secondary N) is 2. The van der Waals surface area contributed by atoms with Gasteiger partial charge in [0, 0.05) is 18.7 Å². The van der Waals surface area contributed by atoms with Crippen molar-refractivity contribution in [3.05, 3.63) is 76.6 Å². The topological polar surface area (TPSA) is 119 Å². The van der Waals surface area contributed by atoms with Crippen molar-refractivity contribution in [3.8, 4) is 0 Å². The van der Waals surface area contributed by atoms with Crippen LogP contribution < -0.4 is 5.32 Å². The monoisotopic (exact) mass is 624 g/mol. The van der Waals surface area contributed by atoms with E-state index in [2.05, 4.69) is 102 Å². The van der Waals surface area contributed by atoms with E-state index in [1.54, 1.807) is 0 Å². The van der Waals surface area contributed by atoms with Crippen LogP contribution in [-0.2, 0) is 24.4 Å². The highest BCUT2D eigenvalue weighted by Gasteiger charge is 2.54. The summed E-state index contributed by atoms with van der Waals surface area (Å²) >= 11 is 0. The zero-order valence-corrected chi connectivity index (χ0v) is 28.1. The molecule has 3 heterocycles. The average molecular weight is 625 g/mol. The summed E-state index contributed by atoms with van der Waals surface area (Å²) in [6, 6.07) is 16.0. The summed E-state index contributed by atoms with van der Waals surface area (Å²) in [4.78, 5) is 37.5. The number of H-pyrrole nitrogens is 1. The SMILES string of the molecule is CC(C)(C)CC[C@H](c1ccc(C(=O)NCc2nn[nH]n2)cc1)N1C(=O)C(N2Cc3ccccc3C2)=NC12CCC(C(C)(C)C)CC2. The molecule has 1 fully saturated rings. The summed E-state index contributed by atoms with van der Waals surface area (Å²) in [6.45, 7) is 15.3. The standard InChI is InChI=1S/C36H48N8O2/c1-34(2,3)18-17-29(24-11-13-25(14-12-24)32(45)37-21-30-39-41-42-40-30)44-33(46)31(43-22-26-9-7-8-10-27(26)23-43)38-36(44)19-15-28(16-20-36)35(4,5)6/h7-14,28-29H,15-23H2,1-6H3,(H,37,45)(H,39,40,41,42)/t28?,29-,36?/m1/s1. The molecule has 2 aromatic carbocycles. The molecule has 0 radical (unpaired) electrons. The molecule has 3 aliphatic rings. The average Bonchev–Trinajstić information content (AvgIpc) is 3.75. The summed E-state index contributed by atoms with van der Waals surface area (Å²) < 4.78 is 0. The lowest BCUT2D eigenvalue weighted by atomic mass is 9.69. The van der Waals surface area contributed by atoms with E-state index in [4.69, 9.17) is 4.99 Å². The van der Waals surface area contributed by atoms with E-state index < -0.39 is 5.66 Å². The first-order valence-corrected chi connectivity index (χ1v) is 16.7. The lowest BCUT2D eigenvalue weighted by Gasteiger charge is -2.47. The molecule has 0 bridgehead atoms. The Kier molecular flexibility index (Phi) is 8.50. The smallest absolute Gasteiger partial charge is 0.291 e. The van der Waals surface area contributed by atoms with Crippen molar-refractivity contribution in [2.75, 3.05) is 0 Å². The highest BCUT2D eigenvalue weighted by molar-refractivity contribution is 6.39. The third-order valence-corrected chi connectivity index (χ3v) is 10.2. The van der Waals surface area contributed by atoms with Gasteiger partial charge in [-0.25, -0.2) is 4.99 Å². The summed E-state index contributed by atoms with van der Waals surface area (Å²) in [5.74, 6) is 1.43. The molecule has 10 heteroatoms. The van der Waals surface area contributed by atoms with Crippen LogP contribution >= 0.6 is 0 Å². The first-order chi connectivity index (χ1) is 21.8. The quantitative estimate of drug-likeness (QED) is 0.324. The van der Waals surface area contributed by atoms with Gasteiger partial charge < -0.3 is 15.1 Å². The minimum atomic E-state index is -0.577. The number of rotatable bonds is 7. The molecule has 1 atom stereocenters. The van der Waals surface area contributed by atoms with Gasteiger partial charge in [-0.05, 0) is 84.1 Å². The molecule has 2 N–H and O–H groups in total. The van der Waals surface area contributed by atoms with E-state index in [9.17, 15) is 9.59 Å². The van der Waals surface area contributed by atoms with Gasteiger partial charge in [0.05, 0.1) is 12.6 Å². The predicted molar refractivity (Wildman–Crippen MR) is 177 cm³/mol. The third kappa shape index (κ3) is 6.57. The maximum Gasteiger partial charge on any atom is 0.291 e. The van der Waals surface area contributed by atoms with Crippen molar-refractivity contribution in [2.45, 2.75) is 111 Å². The second-order valence-corrected chi connectivity index (χ2v) is 15.6. The summed E-state index contributed by atoms with van der Waals surface area (Å²) in [5.41, 5.74) is 3.83. The van der Waals surface area contributed by atoms with E-state index in [1.165, 1.54) is 11.1 Å². The van der Waals surface area contributed by atoms with Crippen LogP contribution in [0.3, 0.4) is 0 Å². The van der Waals surface area contributed by atoms with Gasteiger partial charge in [0.15, 0.2) is 11.7 Å². The van der Waals surface area contributed by atoms with Crippen LogP contribution in [-0.4, -0.2) is 53.7 Å². The number of carbonyl (C=O) groups is 2. The van der Waals surface area contributed by atoms with Gasteiger partial charge in [0.2, 0.25) is 0 Å². The van der Waals surface area contributed by atoms with E-state index >= 15 is 0 Å². The van der Waals surface area contributed by atoms with Gasteiger partial charge in [-0.3, -0.25) is 9.59 Å². The van der Waals surface area contributed by atoms with Gasteiger partial charge in [-0.15, -0.1) is 10.2 Å². The lowest BCUT2D eigenvalue weighted by Crippen LogP contribution is -2.52. The van der Waals surface area contributed by atoms with Crippen LogP contribution in [0.5, 0.6) is 0 Å². The Morgan fingerprint density at radius 2 is 1.65 bits per heavy atom. The molecule has 0 saturated heterocycles. The number of aromatic amines is 1. The Balaban J connectivity index is 1.32. The highest BCUT2D eigenvalue weighted by Crippen LogP contribution is 2.50. The van der Waals surface area contributed by atoms with Crippen molar-refractivity contribution in [2.24, 2.45) is 21.7 Å². The summed E-state index contributed by atoms with van der Waals surface area (Å²) in [7, 11) is 0. The van der Waals surface area contributed by atoms with Crippen molar-refractivity contribution in [3.63, 3.8) is 0 Å². The molecule has 244 valence electrons. The first kappa shape index (κ1) is 31.9. The fourth-order valence-electron chi connectivity index (χ4n) is 7.40. The Bertz CT molecular complexity index is 1550. The number of fused-ring (bicyclic) bond motifs is 1. The van der Waals surface area contributed by atoms with Gasteiger partial charge in [-0.1, -0.05) is 83.2 Å². The molecule has 1 aromatic heterocycles. The molecule has 1 saturated carbocycles. The molecule has 0 unspecified atom stereocenters. The molecule has 3 aromatic rings. The Morgan fingerprint density at radius 1 is 1.00 bits per heavy atom. The molecule has 2 amide bonds. The molecule has 10 nitrogen and oxygen atoms in total. The van der Waals surface area contributed by atoms with Crippen LogP contribution in [0.2, 0.25) is 0 Å². The Hall–Kier alpha value is -4.08. The molecular weight excluding hydrogens is 576 g/mol. The van der Waals surface area contributed by atoms with Crippen LogP contribution in [0.4, 0.5) is 0 Å². The fraction of sp³-hybridized carbons (Fsp3) is 0.556. The number of benzene rings is 2. The zero-order valence-electron chi connectivity index (χ0n) is 28.1.